The van der Waals surface area contributed by atoms with Gasteiger partial charge in [0.2, 0.25) is 0 Å². The molecule has 0 aliphatic carbocycles. The monoisotopic (exact) mass is 588 g/mol. The fourth-order valence-corrected chi connectivity index (χ4v) is 5.89. The first-order valence-corrected chi connectivity index (χ1v) is 14.6. The van der Waals surface area contributed by atoms with Crippen molar-refractivity contribution in [1.82, 2.24) is 19.7 Å². The summed E-state index contributed by atoms with van der Waals surface area (Å²) in [5.74, 6) is -3.57. The van der Waals surface area contributed by atoms with Crippen LogP contribution in [-0.4, -0.2) is 54.0 Å². The highest BCUT2D eigenvalue weighted by Crippen LogP contribution is 2.40. The SMILES string of the molecule is C[C@H](Oc1cc(-c2nn(C)c3c(C4CCCN(C)C4)cnc(N)c23)ccc1NS(=O)(=O)C(F)F)c1ccc(F)cc1. The van der Waals surface area contributed by atoms with Crippen LogP contribution in [0, 0.1) is 5.82 Å². The Morgan fingerprint density at radius 2 is 1.88 bits per heavy atom. The predicted molar refractivity (Wildman–Crippen MR) is 152 cm³/mol. The van der Waals surface area contributed by atoms with E-state index >= 15 is 0 Å². The van der Waals surface area contributed by atoms with Gasteiger partial charge < -0.3 is 15.4 Å². The number of alkyl halides is 2. The Labute approximate surface area is 236 Å². The summed E-state index contributed by atoms with van der Waals surface area (Å²) in [5.41, 5.74) is 9.67. The molecule has 2 aromatic carbocycles. The highest BCUT2D eigenvalue weighted by molar-refractivity contribution is 7.93. The molecule has 0 amide bonds. The second-order valence-electron chi connectivity index (χ2n) is 10.3. The van der Waals surface area contributed by atoms with Crippen molar-refractivity contribution in [2.24, 2.45) is 7.05 Å². The number of halogens is 3. The maximum Gasteiger partial charge on any atom is 0.355 e. The van der Waals surface area contributed by atoms with Crippen LogP contribution >= 0.6 is 0 Å². The number of ether oxygens (including phenoxy) is 1. The summed E-state index contributed by atoms with van der Waals surface area (Å²) in [6.45, 7) is 3.58. The number of nitrogen functional groups attached to an aromatic ring is 1. The predicted octanol–water partition coefficient (Wildman–Crippen LogP) is 5.27. The van der Waals surface area contributed by atoms with E-state index in [1.165, 1.54) is 36.4 Å². The van der Waals surface area contributed by atoms with Crippen LogP contribution in [0.3, 0.4) is 0 Å². The minimum atomic E-state index is -4.98. The van der Waals surface area contributed by atoms with E-state index in [9.17, 15) is 21.6 Å². The molecule has 1 fully saturated rings. The number of sulfonamides is 1. The number of benzene rings is 2. The molecule has 1 aliphatic rings. The van der Waals surface area contributed by atoms with Crippen molar-refractivity contribution in [3.8, 4) is 17.0 Å². The van der Waals surface area contributed by atoms with E-state index in [4.69, 9.17) is 15.6 Å². The average molecular weight is 589 g/mol. The number of likely N-dealkylation sites (N-methyl/N-ethyl adjacent to an activating group) is 1. The number of nitrogens with one attached hydrogen (secondary N) is 1. The smallest absolute Gasteiger partial charge is 0.355 e. The minimum Gasteiger partial charge on any atom is -0.484 e. The molecule has 1 aliphatic heterocycles. The van der Waals surface area contributed by atoms with Gasteiger partial charge in [-0.15, -0.1) is 0 Å². The van der Waals surface area contributed by atoms with Crippen LogP contribution in [0.4, 0.5) is 24.7 Å². The summed E-state index contributed by atoms with van der Waals surface area (Å²) in [7, 11) is -1.08. The van der Waals surface area contributed by atoms with Gasteiger partial charge in [0.1, 0.15) is 29.2 Å². The van der Waals surface area contributed by atoms with Gasteiger partial charge in [-0.3, -0.25) is 9.40 Å². The van der Waals surface area contributed by atoms with E-state index in [1.54, 1.807) is 23.9 Å². The highest BCUT2D eigenvalue weighted by Gasteiger charge is 2.28. The van der Waals surface area contributed by atoms with Gasteiger partial charge in [0.25, 0.3) is 10.0 Å². The zero-order valence-corrected chi connectivity index (χ0v) is 23.6. The maximum atomic E-state index is 13.5. The fourth-order valence-electron chi connectivity index (χ4n) is 5.33. The Balaban J connectivity index is 1.61. The largest absolute Gasteiger partial charge is 0.484 e. The number of anilines is 2. The highest BCUT2D eigenvalue weighted by atomic mass is 32.2. The fraction of sp³-hybridized carbons (Fsp3) is 0.357. The molecule has 1 unspecified atom stereocenters. The number of aryl methyl sites for hydroxylation is 1. The second kappa shape index (κ2) is 11.2. The Hall–Kier alpha value is -3.84. The first-order valence-electron chi connectivity index (χ1n) is 13.1. The third-order valence-corrected chi connectivity index (χ3v) is 8.34. The lowest BCUT2D eigenvalue weighted by Gasteiger charge is -2.30. The third-order valence-electron chi connectivity index (χ3n) is 7.37. The number of pyridine rings is 1. The van der Waals surface area contributed by atoms with Crippen LogP contribution in [0.15, 0.2) is 48.7 Å². The summed E-state index contributed by atoms with van der Waals surface area (Å²) < 4.78 is 73.7. The summed E-state index contributed by atoms with van der Waals surface area (Å²) >= 11 is 0. The zero-order valence-electron chi connectivity index (χ0n) is 22.8. The first-order chi connectivity index (χ1) is 19.4. The number of likely N-dealkylation sites (tertiary alicyclic amines) is 1. The van der Waals surface area contributed by atoms with Gasteiger partial charge in [-0.2, -0.15) is 13.9 Å². The first kappa shape index (κ1) is 28.7. The van der Waals surface area contributed by atoms with Gasteiger partial charge in [0.05, 0.1) is 16.6 Å². The number of fused-ring (bicyclic) bond motifs is 1. The van der Waals surface area contributed by atoms with Gasteiger partial charge in [-0.1, -0.05) is 18.2 Å². The van der Waals surface area contributed by atoms with E-state index < -0.39 is 27.7 Å². The van der Waals surface area contributed by atoms with Crippen molar-refractivity contribution in [1.29, 1.82) is 0 Å². The van der Waals surface area contributed by atoms with E-state index in [0.717, 1.165) is 37.0 Å². The van der Waals surface area contributed by atoms with Crippen LogP contribution in [-0.2, 0) is 17.1 Å². The molecule has 9 nitrogen and oxygen atoms in total. The molecule has 2 aromatic heterocycles. The number of nitrogens with two attached hydrogens (primary N) is 1. The molecule has 0 saturated carbocycles. The molecule has 1 saturated heterocycles. The van der Waals surface area contributed by atoms with Crippen LogP contribution in [0.25, 0.3) is 22.2 Å². The molecule has 5 rings (SSSR count). The Morgan fingerprint density at radius 3 is 2.56 bits per heavy atom. The molecule has 3 heterocycles. The molecule has 0 radical (unpaired) electrons. The van der Waals surface area contributed by atoms with Gasteiger partial charge in [-0.25, -0.2) is 17.8 Å². The van der Waals surface area contributed by atoms with Gasteiger partial charge >= 0.3 is 5.76 Å². The van der Waals surface area contributed by atoms with E-state index in [0.29, 0.717) is 22.2 Å². The Morgan fingerprint density at radius 1 is 1.15 bits per heavy atom. The molecule has 13 heteroatoms. The second-order valence-corrected chi connectivity index (χ2v) is 12.0. The van der Waals surface area contributed by atoms with E-state index in [2.05, 4.69) is 16.9 Å². The van der Waals surface area contributed by atoms with Gasteiger partial charge in [0, 0.05) is 36.8 Å². The van der Waals surface area contributed by atoms with E-state index in [1.807, 2.05) is 11.8 Å². The minimum absolute atomic E-state index is 0.0149. The molecule has 218 valence electrons. The van der Waals surface area contributed by atoms with Crippen molar-refractivity contribution in [3.63, 3.8) is 0 Å². The van der Waals surface area contributed by atoms with Crippen LogP contribution in [0.1, 0.15) is 42.9 Å². The number of aromatic nitrogens is 3. The maximum absolute atomic E-state index is 13.5. The number of hydrogen-bond donors (Lipinski definition) is 2. The van der Waals surface area contributed by atoms with Crippen molar-refractivity contribution in [2.75, 3.05) is 30.6 Å². The lowest BCUT2D eigenvalue weighted by Crippen LogP contribution is -2.31. The molecule has 4 aromatic rings. The molecule has 0 spiro atoms. The molecule has 0 bridgehead atoms. The molecule has 3 N–H and O–H groups in total. The molecule has 2 atom stereocenters. The Kier molecular flexibility index (Phi) is 7.84. The Bertz CT molecular complexity index is 1680. The summed E-state index contributed by atoms with van der Waals surface area (Å²) in [4.78, 5) is 6.76. The normalized spacial score (nSPS) is 17.2. The molecular weight excluding hydrogens is 557 g/mol. The molecule has 41 heavy (non-hydrogen) atoms. The third kappa shape index (κ3) is 5.82. The summed E-state index contributed by atoms with van der Waals surface area (Å²) in [5, 5.41) is 5.38. The van der Waals surface area contributed by atoms with Crippen LogP contribution < -0.4 is 15.2 Å². The zero-order chi connectivity index (χ0) is 29.5. The van der Waals surface area contributed by atoms with E-state index in [-0.39, 0.29) is 23.2 Å². The van der Waals surface area contributed by atoms with Gasteiger partial charge in [-0.05, 0) is 63.2 Å². The van der Waals surface area contributed by atoms with Crippen LogP contribution in [0.2, 0.25) is 0 Å². The quantitative estimate of drug-likeness (QED) is 0.288. The lowest BCUT2D eigenvalue weighted by molar-refractivity contribution is 0.228. The van der Waals surface area contributed by atoms with Crippen molar-refractivity contribution in [2.45, 2.75) is 37.5 Å². The van der Waals surface area contributed by atoms with Gasteiger partial charge in [0.15, 0.2) is 0 Å². The van der Waals surface area contributed by atoms with Crippen molar-refractivity contribution >= 4 is 32.4 Å². The summed E-state index contributed by atoms with van der Waals surface area (Å²) in [6.07, 6.45) is 3.18. The number of hydrogen-bond acceptors (Lipinski definition) is 7. The molecular formula is C28H31F3N6O3S. The van der Waals surface area contributed by atoms with Crippen molar-refractivity contribution < 1.29 is 26.3 Å². The lowest BCUT2D eigenvalue weighted by atomic mass is 9.90. The topological polar surface area (TPSA) is 115 Å². The number of rotatable bonds is 8. The standard InChI is InChI=1S/C28H31F3N6O3S/c1-16(17-6-9-20(29)10-7-17)40-23-13-18(8-11-22(23)35-41(38,39)28(30)31)25-24-26(37(3)34-25)21(14-33-27(24)32)19-5-4-12-36(2)15-19/h6-11,13-14,16,19,28,35H,4-5,12,15H2,1-3H3,(H2,32,33)/t16-,19?/m0/s1. The number of piperidine rings is 1. The number of nitrogens with zero attached hydrogens (tertiary/aromatic N) is 4. The average Bonchev–Trinajstić information content (AvgIpc) is 3.28. The van der Waals surface area contributed by atoms with Crippen LogP contribution in [0.5, 0.6) is 5.75 Å². The summed E-state index contributed by atoms with van der Waals surface area (Å²) in [6, 6.07) is 10.00. The van der Waals surface area contributed by atoms with Crippen molar-refractivity contribution in [3.05, 3.63) is 65.6 Å².